The Morgan fingerprint density at radius 3 is 2.20 bits per heavy atom. The van der Waals surface area contributed by atoms with Crippen LogP contribution in [0.4, 0.5) is 0 Å². The molecule has 0 rings (SSSR count). The molecule has 0 aromatic carbocycles. The number of hydrogen-bond acceptors (Lipinski definition) is 2. The summed E-state index contributed by atoms with van der Waals surface area (Å²) in [6.07, 6.45) is 0. The maximum atomic E-state index is 9.83. The van der Waals surface area contributed by atoms with Gasteiger partial charge in [-0.2, -0.15) is 0 Å². The van der Waals surface area contributed by atoms with Crippen molar-refractivity contribution < 1.29 is 45.3 Å². The molecule has 0 saturated carbocycles. The van der Waals surface area contributed by atoms with Crippen molar-refractivity contribution >= 4 is 0 Å². The molecular weight excluding hydrogens is 79.0 g/mol. The monoisotopic (exact) mass is 88.0 g/mol. The van der Waals surface area contributed by atoms with E-state index in [4.69, 9.17) is 10.6 Å². The molecule has 0 fully saturated rings. The van der Waals surface area contributed by atoms with Crippen LogP contribution < -0.4 is 34.7 Å². The summed E-state index contributed by atoms with van der Waals surface area (Å²) in [6, 6.07) is 0. The predicted molar refractivity (Wildman–Crippen MR) is 12.0 cm³/mol. The summed E-state index contributed by atoms with van der Waals surface area (Å²) in [5, 5.41) is 17.8. The van der Waals surface area contributed by atoms with Crippen LogP contribution in [0.1, 0.15) is 5.48 Å². The van der Waals surface area contributed by atoms with Crippen LogP contribution in [-0.2, 0) is 0 Å². The summed E-state index contributed by atoms with van der Waals surface area (Å²) in [7, 11) is 0. The molecule has 1 N–H and O–H groups in total. The van der Waals surface area contributed by atoms with Gasteiger partial charge in [0.05, 0.1) is 2.74 Å². The van der Waals surface area contributed by atoms with Gasteiger partial charge in [-0.25, -0.2) is 0 Å². The molecule has 3 heteroatoms. The molecule has 0 unspecified atom stereocenters. The zero-order chi connectivity index (χ0) is 7.00. The van der Waals surface area contributed by atoms with E-state index in [1.54, 1.807) is 0 Å². The second kappa shape index (κ2) is 8.87. The molecule has 5 heavy (non-hydrogen) atoms. The number of hydrogen-bond donors (Lipinski definition) is 1. The second-order valence-electron chi connectivity index (χ2n) is 0.214. The van der Waals surface area contributed by atoms with Crippen LogP contribution in [0.5, 0.6) is 0 Å². The average molecular weight is 88.1 g/mol. The minimum atomic E-state index is -3.42. The Kier molecular flexibility index (Phi) is 4.05. The minimum Gasteiger partial charge on any atom is -0.853 e. The first-order valence-corrected chi connectivity index (χ1v) is 0.678. The Morgan fingerprint density at radius 2 is 2.20 bits per heavy atom. The van der Waals surface area contributed by atoms with E-state index in [9.17, 15) is 5.11 Å². The van der Waals surface area contributed by atoms with E-state index < -0.39 is 13.1 Å². The van der Waals surface area contributed by atoms with Crippen molar-refractivity contribution in [2.24, 2.45) is 0 Å². The Balaban J connectivity index is 0. The van der Waals surface area contributed by atoms with Crippen molar-refractivity contribution in [1.29, 1.82) is 0 Å². The first-order valence-electron chi connectivity index (χ1n) is 2.68. The van der Waals surface area contributed by atoms with Gasteiger partial charge in [-0.3, -0.25) is 0 Å². The van der Waals surface area contributed by atoms with Crippen molar-refractivity contribution in [1.82, 2.24) is 0 Å². The van der Waals surface area contributed by atoms with Crippen LogP contribution in [0.15, 0.2) is 0 Å². The Morgan fingerprint density at radius 1 is 2.00 bits per heavy atom. The van der Waals surface area contributed by atoms with Crippen LogP contribution in [0.25, 0.3) is 0 Å². The van der Waals surface area contributed by atoms with Crippen molar-refractivity contribution in [3.05, 3.63) is 0 Å². The third-order valence-corrected chi connectivity index (χ3v) is 0.0456. The van der Waals surface area contributed by atoms with Crippen LogP contribution in [0.2, 0.25) is 0 Å². The summed E-state index contributed by atoms with van der Waals surface area (Å²) >= 11 is 0. The van der Waals surface area contributed by atoms with Gasteiger partial charge in [-0.05, 0) is 0 Å². The first-order chi connectivity index (χ1) is 3.25. The quantitative estimate of drug-likeness (QED) is 0.327. The molecule has 0 heterocycles. The molecule has 2 nitrogen and oxygen atoms in total. The molecule has 0 aromatic heterocycles. The number of rotatable bonds is 1. The molecule has 0 spiro atoms. The standard InChI is InChI=1S/C2H5O2.Na/c3-1-2-4;/h3H,1-2H2;/q-1;+1/i1D2,2D2;. The maximum Gasteiger partial charge on any atom is 1.00 e. The third-order valence-electron chi connectivity index (χ3n) is 0.0456. The van der Waals surface area contributed by atoms with Gasteiger partial charge in [0.25, 0.3) is 0 Å². The van der Waals surface area contributed by atoms with Gasteiger partial charge < -0.3 is 10.2 Å². The van der Waals surface area contributed by atoms with Crippen molar-refractivity contribution in [3.8, 4) is 0 Å². The Hall–Kier alpha value is 0.920. The fourth-order valence-corrected chi connectivity index (χ4v) is 0. The van der Waals surface area contributed by atoms with Crippen LogP contribution >= 0.6 is 0 Å². The Bertz CT molecular complexity index is 71.5. The molecule has 0 aliphatic heterocycles. The van der Waals surface area contributed by atoms with E-state index in [0.717, 1.165) is 0 Å². The van der Waals surface area contributed by atoms with E-state index in [1.165, 1.54) is 0 Å². The molecule has 26 valence electrons. The maximum absolute atomic E-state index is 9.83. The molecular formula is C2H5NaO2. The largest absolute Gasteiger partial charge is 1.00 e. The van der Waals surface area contributed by atoms with Gasteiger partial charge in [-0.15, -0.1) is 6.56 Å². The number of aliphatic hydroxyl groups is 1. The van der Waals surface area contributed by atoms with E-state index in [-0.39, 0.29) is 29.6 Å². The summed E-state index contributed by atoms with van der Waals surface area (Å²) in [6.45, 7) is -6.71. The van der Waals surface area contributed by atoms with E-state index >= 15 is 0 Å². The zero-order valence-electron chi connectivity index (χ0n) is 6.86. The zero-order valence-corrected chi connectivity index (χ0v) is 4.86. The van der Waals surface area contributed by atoms with Gasteiger partial charge in [0, 0.05) is 9.30 Å². The minimum absolute atomic E-state index is 0. The smallest absolute Gasteiger partial charge is 0.853 e. The van der Waals surface area contributed by atoms with Gasteiger partial charge >= 0.3 is 29.6 Å². The predicted octanol–water partition coefficient (Wildman–Crippen LogP) is -4.66. The van der Waals surface area contributed by atoms with Crippen molar-refractivity contribution in [2.75, 3.05) is 13.1 Å². The van der Waals surface area contributed by atoms with E-state index in [1.807, 2.05) is 0 Å². The van der Waals surface area contributed by atoms with E-state index in [0.29, 0.717) is 0 Å². The van der Waals surface area contributed by atoms with Crippen LogP contribution in [-0.4, -0.2) is 18.2 Å². The molecule has 0 aliphatic carbocycles. The van der Waals surface area contributed by atoms with Gasteiger partial charge in [0.15, 0.2) is 0 Å². The summed E-state index contributed by atoms with van der Waals surface area (Å²) < 4.78 is 24.4. The fourth-order valence-electron chi connectivity index (χ4n) is 0. The molecule has 0 amide bonds. The summed E-state index contributed by atoms with van der Waals surface area (Å²) in [5.74, 6) is 0. The second-order valence-corrected chi connectivity index (χ2v) is 0.214. The van der Waals surface area contributed by atoms with Crippen molar-refractivity contribution in [2.45, 2.75) is 0 Å². The normalized spacial score (nSPS) is 23.6. The Labute approximate surface area is 58.7 Å². The fraction of sp³-hybridized carbons (Fsp3) is 1.00. The van der Waals surface area contributed by atoms with Gasteiger partial charge in [0.2, 0.25) is 0 Å². The molecule has 0 aliphatic rings. The summed E-state index contributed by atoms with van der Waals surface area (Å²) in [4.78, 5) is 0. The molecule has 0 radical (unpaired) electrons. The summed E-state index contributed by atoms with van der Waals surface area (Å²) in [5.41, 5.74) is 0. The first kappa shape index (κ1) is 2.28. The molecule has 0 bridgehead atoms. The molecule has 0 saturated heterocycles. The van der Waals surface area contributed by atoms with Crippen LogP contribution in [0.3, 0.4) is 0 Å². The third kappa shape index (κ3) is 11.4. The SMILES string of the molecule is [2H]C([2H])([O-])C([2H])([2H])O.[Na+]. The molecule has 0 atom stereocenters. The average Bonchev–Trinajstić information content (AvgIpc) is 1.25. The van der Waals surface area contributed by atoms with E-state index in [2.05, 4.69) is 0 Å². The van der Waals surface area contributed by atoms with Crippen molar-refractivity contribution in [3.63, 3.8) is 0 Å². The topological polar surface area (TPSA) is 43.3 Å². The van der Waals surface area contributed by atoms with Gasteiger partial charge in [0.1, 0.15) is 0 Å². The van der Waals surface area contributed by atoms with Gasteiger partial charge in [-0.1, -0.05) is 0 Å². The molecule has 0 aromatic rings. The van der Waals surface area contributed by atoms with Crippen LogP contribution in [0, 0.1) is 0 Å².